The quantitative estimate of drug-likeness (QED) is 0.606. The zero-order valence-electron chi connectivity index (χ0n) is 17.9. The van der Waals surface area contributed by atoms with Gasteiger partial charge in [0.1, 0.15) is 0 Å². The Morgan fingerprint density at radius 2 is 1.62 bits per heavy atom. The first-order valence-corrected chi connectivity index (χ1v) is 10.0. The number of aryl methyl sites for hydroxylation is 1. The number of hydrogen-bond donors (Lipinski definition) is 0. The molecule has 0 N–H and O–H groups in total. The van der Waals surface area contributed by atoms with Gasteiger partial charge in [0.05, 0.1) is 13.0 Å². The van der Waals surface area contributed by atoms with E-state index in [1.807, 2.05) is 24.3 Å². The summed E-state index contributed by atoms with van der Waals surface area (Å²) in [5, 5.41) is 4.07. The average molecular weight is 392 g/mol. The van der Waals surface area contributed by atoms with Crippen molar-refractivity contribution in [3.05, 3.63) is 71.1 Å². The minimum absolute atomic E-state index is 0.0172. The Bertz CT molecular complexity index is 951. The summed E-state index contributed by atoms with van der Waals surface area (Å²) in [5.41, 5.74) is 4.52. The smallest absolute Gasteiger partial charge is 0.246 e. The highest BCUT2D eigenvalue weighted by atomic mass is 16.5. The molecule has 0 bridgehead atoms. The Kier molecular flexibility index (Phi) is 6.16. The molecular weight excluding hydrogens is 362 g/mol. The molecule has 0 saturated heterocycles. The van der Waals surface area contributed by atoms with Gasteiger partial charge in [-0.05, 0) is 28.5 Å². The highest BCUT2D eigenvalue weighted by Crippen LogP contribution is 2.25. The molecule has 2 aromatic carbocycles. The van der Waals surface area contributed by atoms with Crippen LogP contribution >= 0.6 is 0 Å². The second-order valence-corrected chi connectivity index (χ2v) is 8.44. The Labute approximate surface area is 172 Å². The van der Waals surface area contributed by atoms with Crippen LogP contribution in [0.25, 0.3) is 11.4 Å². The predicted molar refractivity (Wildman–Crippen MR) is 114 cm³/mol. The van der Waals surface area contributed by atoms with Crippen molar-refractivity contribution in [1.29, 1.82) is 0 Å². The molecule has 3 rings (SSSR count). The highest BCUT2D eigenvalue weighted by molar-refractivity contribution is 5.78. The van der Waals surface area contributed by atoms with Gasteiger partial charge in [-0.25, -0.2) is 0 Å². The molecule has 5 heteroatoms. The van der Waals surface area contributed by atoms with Gasteiger partial charge in [-0.3, -0.25) is 4.79 Å². The lowest BCUT2D eigenvalue weighted by Crippen LogP contribution is -2.27. The maximum atomic E-state index is 12.5. The molecule has 0 aliphatic carbocycles. The van der Waals surface area contributed by atoms with Crippen molar-refractivity contribution < 1.29 is 9.32 Å². The van der Waals surface area contributed by atoms with E-state index in [-0.39, 0.29) is 11.3 Å². The zero-order valence-corrected chi connectivity index (χ0v) is 17.9. The summed E-state index contributed by atoms with van der Waals surface area (Å²) in [5.74, 6) is 0.983. The van der Waals surface area contributed by atoms with Crippen LogP contribution in [0.3, 0.4) is 0 Å². The van der Waals surface area contributed by atoms with Gasteiger partial charge in [0.15, 0.2) is 0 Å². The fourth-order valence-corrected chi connectivity index (χ4v) is 3.05. The molecule has 1 heterocycles. The molecule has 0 unspecified atom stereocenters. The van der Waals surface area contributed by atoms with Crippen LogP contribution in [0.2, 0.25) is 0 Å². The predicted octanol–water partition coefficient (Wildman–Crippen LogP) is 4.80. The van der Waals surface area contributed by atoms with Crippen molar-refractivity contribution in [2.45, 2.75) is 52.5 Å². The van der Waals surface area contributed by atoms with E-state index < -0.39 is 0 Å². The summed E-state index contributed by atoms with van der Waals surface area (Å²) < 4.78 is 5.36. The van der Waals surface area contributed by atoms with Crippen LogP contribution in [-0.2, 0) is 29.6 Å². The van der Waals surface area contributed by atoms with Crippen LogP contribution in [-0.4, -0.2) is 28.0 Å². The first-order valence-electron chi connectivity index (χ1n) is 10.0. The number of carbonyl (C=O) groups excluding carboxylic acids is 1. The fraction of sp³-hybridized carbons (Fsp3) is 0.375. The van der Waals surface area contributed by atoms with E-state index in [0.717, 1.165) is 17.5 Å². The van der Waals surface area contributed by atoms with Gasteiger partial charge in [0.25, 0.3) is 0 Å². The largest absolute Gasteiger partial charge is 0.337 e. The van der Waals surface area contributed by atoms with Crippen molar-refractivity contribution in [3.63, 3.8) is 0 Å². The van der Waals surface area contributed by atoms with Gasteiger partial charge in [-0.2, -0.15) is 4.98 Å². The molecule has 3 aromatic rings. The maximum Gasteiger partial charge on any atom is 0.246 e. The number of nitrogens with zero attached hydrogens (tertiary/aromatic N) is 3. The van der Waals surface area contributed by atoms with Crippen molar-refractivity contribution >= 4 is 5.91 Å². The summed E-state index contributed by atoms with van der Waals surface area (Å²) in [7, 11) is 1.75. The summed E-state index contributed by atoms with van der Waals surface area (Å²) in [6.07, 6.45) is 1.35. The molecule has 0 radical (unpaired) electrons. The third kappa shape index (κ3) is 5.31. The van der Waals surface area contributed by atoms with Crippen LogP contribution in [0.15, 0.2) is 53.1 Å². The number of likely N-dealkylation sites (N-methyl/N-ethyl adjacent to an activating group) is 1. The van der Waals surface area contributed by atoms with E-state index in [0.29, 0.717) is 24.7 Å². The molecule has 0 aliphatic rings. The Morgan fingerprint density at radius 1 is 1.00 bits per heavy atom. The van der Waals surface area contributed by atoms with Gasteiger partial charge in [0.2, 0.25) is 17.6 Å². The van der Waals surface area contributed by atoms with E-state index in [1.165, 1.54) is 11.1 Å². The van der Waals surface area contributed by atoms with Gasteiger partial charge in [-0.15, -0.1) is 0 Å². The van der Waals surface area contributed by atoms with E-state index in [2.05, 4.69) is 62.1 Å². The highest BCUT2D eigenvalue weighted by Gasteiger charge is 2.17. The minimum atomic E-state index is 0.0172. The van der Waals surface area contributed by atoms with E-state index in [1.54, 1.807) is 11.9 Å². The third-order valence-electron chi connectivity index (χ3n) is 5.06. The van der Waals surface area contributed by atoms with Gasteiger partial charge in [0, 0.05) is 12.6 Å². The number of carbonyl (C=O) groups is 1. The van der Waals surface area contributed by atoms with Crippen LogP contribution in [0, 0.1) is 0 Å². The van der Waals surface area contributed by atoms with E-state index in [4.69, 9.17) is 4.52 Å². The Balaban J connectivity index is 1.62. The van der Waals surface area contributed by atoms with Gasteiger partial charge in [-0.1, -0.05) is 81.4 Å². The van der Waals surface area contributed by atoms with Crippen LogP contribution in [0.1, 0.15) is 50.3 Å². The lowest BCUT2D eigenvalue weighted by atomic mass is 9.87. The molecule has 1 amide bonds. The third-order valence-corrected chi connectivity index (χ3v) is 5.06. The van der Waals surface area contributed by atoms with Gasteiger partial charge < -0.3 is 9.42 Å². The molecule has 0 saturated carbocycles. The number of rotatable bonds is 6. The van der Waals surface area contributed by atoms with Crippen LogP contribution in [0.5, 0.6) is 0 Å². The minimum Gasteiger partial charge on any atom is -0.337 e. The van der Waals surface area contributed by atoms with Crippen molar-refractivity contribution in [3.8, 4) is 11.4 Å². The summed E-state index contributed by atoms with van der Waals surface area (Å²) in [6, 6.07) is 16.3. The lowest BCUT2D eigenvalue weighted by molar-refractivity contribution is -0.130. The molecule has 0 fully saturated rings. The second-order valence-electron chi connectivity index (χ2n) is 8.44. The number of aromatic nitrogens is 2. The van der Waals surface area contributed by atoms with Crippen molar-refractivity contribution in [1.82, 2.24) is 15.0 Å². The van der Waals surface area contributed by atoms with Crippen LogP contribution in [0.4, 0.5) is 0 Å². The summed E-state index contributed by atoms with van der Waals surface area (Å²) in [4.78, 5) is 18.6. The summed E-state index contributed by atoms with van der Waals surface area (Å²) >= 11 is 0. The number of benzene rings is 2. The zero-order chi connectivity index (χ0) is 21.0. The summed E-state index contributed by atoms with van der Waals surface area (Å²) in [6.45, 7) is 8.95. The first kappa shape index (κ1) is 20.8. The van der Waals surface area contributed by atoms with E-state index >= 15 is 0 Å². The molecule has 152 valence electrons. The first-order chi connectivity index (χ1) is 13.8. The Hall–Kier alpha value is -2.95. The molecule has 0 atom stereocenters. The fourth-order valence-electron chi connectivity index (χ4n) is 3.05. The van der Waals surface area contributed by atoms with Gasteiger partial charge >= 0.3 is 0 Å². The molecule has 1 aromatic heterocycles. The molecule has 29 heavy (non-hydrogen) atoms. The van der Waals surface area contributed by atoms with Crippen molar-refractivity contribution in [2.75, 3.05) is 7.05 Å². The molecule has 5 nitrogen and oxygen atoms in total. The SMILES string of the molecule is CCc1ccc(CC(=O)N(C)Cc2nc(-c3ccc(C(C)(C)C)cc3)no2)cc1. The Morgan fingerprint density at radius 3 is 2.21 bits per heavy atom. The molecule has 0 aliphatic heterocycles. The number of amides is 1. The average Bonchev–Trinajstić information content (AvgIpc) is 3.16. The normalized spacial score (nSPS) is 11.5. The molecular formula is C24H29N3O2. The molecule has 0 spiro atoms. The maximum absolute atomic E-state index is 12.5. The lowest BCUT2D eigenvalue weighted by Gasteiger charge is -2.18. The topological polar surface area (TPSA) is 59.2 Å². The van der Waals surface area contributed by atoms with Crippen molar-refractivity contribution in [2.24, 2.45) is 0 Å². The number of hydrogen-bond acceptors (Lipinski definition) is 4. The standard InChI is InChI=1S/C24H29N3O2/c1-6-17-7-9-18(10-8-17)15-22(28)27(5)16-21-25-23(26-29-21)19-11-13-20(14-12-19)24(2,3)4/h7-14H,6,15-16H2,1-5H3. The van der Waals surface area contributed by atoms with E-state index in [9.17, 15) is 4.79 Å². The van der Waals surface area contributed by atoms with Crippen LogP contribution < -0.4 is 0 Å². The monoisotopic (exact) mass is 391 g/mol. The second kappa shape index (κ2) is 8.60.